The highest BCUT2D eigenvalue weighted by molar-refractivity contribution is 5.97. The van der Waals surface area contributed by atoms with E-state index in [1.807, 2.05) is 0 Å². The number of aromatic hydroxyl groups is 5. The standard InChI is InChI=1S/C24H16O11/c1-10(25)33-16-5-3-2-4-12(16)24(32)35-23-15(28)9-17-18(20(23)30)19(29)21(31)22(34-17)11-6-7-13(26)14(27)8-11/h2-9,26-28,30-31H,1H3. The summed E-state index contributed by atoms with van der Waals surface area (Å²) in [5, 5.41) is 50.0. The summed E-state index contributed by atoms with van der Waals surface area (Å²) in [6.45, 7) is 1.13. The summed E-state index contributed by atoms with van der Waals surface area (Å²) in [5.74, 6) is -6.93. The molecule has 3 aromatic carbocycles. The molecule has 0 fully saturated rings. The molecule has 0 aliphatic rings. The fraction of sp³-hybridized carbons (Fsp3) is 0.0417. The van der Waals surface area contributed by atoms with Gasteiger partial charge in [-0.05, 0) is 30.3 Å². The van der Waals surface area contributed by atoms with E-state index >= 15 is 0 Å². The van der Waals surface area contributed by atoms with Crippen LogP contribution in [0, 0.1) is 0 Å². The summed E-state index contributed by atoms with van der Waals surface area (Å²) in [6.07, 6.45) is 0. The molecule has 0 saturated heterocycles. The fourth-order valence-electron chi connectivity index (χ4n) is 3.28. The largest absolute Gasteiger partial charge is 0.504 e. The third-order valence-corrected chi connectivity index (χ3v) is 4.86. The van der Waals surface area contributed by atoms with Crippen LogP contribution < -0.4 is 14.9 Å². The maximum absolute atomic E-state index is 12.8. The van der Waals surface area contributed by atoms with Crippen molar-refractivity contribution in [3.63, 3.8) is 0 Å². The first-order chi connectivity index (χ1) is 16.6. The Morgan fingerprint density at radius 3 is 2.23 bits per heavy atom. The van der Waals surface area contributed by atoms with E-state index in [2.05, 4.69) is 0 Å². The number of hydrogen-bond acceptors (Lipinski definition) is 11. The van der Waals surface area contributed by atoms with Gasteiger partial charge in [0.05, 0.1) is 0 Å². The predicted octanol–water partition coefficient (Wildman–Crippen LogP) is 3.13. The van der Waals surface area contributed by atoms with E-state index in [4.69, 9.17) is 13.9 Å². The van der Waals surface area contributed by atoms with Gasteiger partial charge in [0.1, 0.15) is 22.3 Å². The molecule has 35 heavy (non-hydrogen) atoms. The average Bonchev–Trinajstić information content (AvgIpc) is 2.80. The number of benzene rings is 3. The van der Waals surface area contributed by atoms with Crippen molar-refractivity contribution >= 4 is 22.9 Å². The number of ether oxygens (including phenoxy) is 2. The second kappa shape index (κ2) is 8.63. The van der Waals surface area contributed by atoms with Gasteiger partial charge < -0.3 is 39.4 Å². The molecule has 178 valence electrons. The number of carbonyl (C=O) groups is 2. The molecule has 1 aromatic heterocycles. The first-order valence-corrected chi connectivity index (χ1v) is 9.85. The van der Waals surface area contributed by atoms with E-state index < -0.39 is 63.0 Å². The van der Waals surface area contributed by atoms with Crippen molar-refractivity contribution in [3.05, 3.63) is 64.3 Å². The lowest BCUT2D eigenvalue weighted by molar-refractivity contribution is -0.131. The van der Waals surface area contributed by atoms with Crippen LogP contribution in [0.15, 0.2) is 57.7 Å². The molecule has 0 spiro atoms. The molecular formula is C24H16O11. The van der Waals surface area contributed by atoms with Crippen LogP contribution in [-0.2, 0) is 4.79 Å². The van der Waals surface area contributed by atoms with Crippen LogP contribution in [0.5, 0.6) is 40.2 Å². The Balaban J connectivity index is 1.81. The number of fused-ring (bicyclic) bond motifs is 1. The zero-order valence-corrected chi connectivity index (χ0v) is 17.8. The molecule has 5 N–H and O–H groups in total. The molecule has 0 saturated carbocycles. The van der Waals surface area contributed by atoms with E-state index in [1.165, 1.54) is 30.3 Å². The van der Waals surface area contributed by atoms with Gasteiger partial charge >= 0.3 is 11.9 Å². The van der Waals surface area contributed by atoms with Crippen molar-refractivity contribution in [1.82, 2.24) is 0 Å². The first-order valence-electron chi connectivity index (χ1n) is 9.85. The summed E-state index contributed by atoms with van der Waals surface area (Å²) < 4.78 is 15.5. The number of carbonyl (C=O) groups excluding carboxylic acids is 2. The van der Waals surface area contributed by atoms with Gasteiger partial charge in [-0.1, -0.05) is 12.1 Å². The molecule has 0 radical (unpaired) electrons. The van der Waals surface area contributed by atoms with E-state index in [1.54, 1.807) is 0 Å². The SMILES string of the molecule is CC(=O)Oc1ccccc1C(=O)Oc1c(O)cc2oc(-c3ccc(O)c(O)c3)c(O)c(=O)c2c1O. The molecule has 4 aromatic rings. The molecular weight excluding hydrogens is 464 g/mol. The van der Waals surface area contributed by atoms with E-state index in [0.717, 1.165) is 25.1 Å². The number of hydrogen-bond donors (Lipinski definition) is 5. The lowest BCUT2D eigenvalue weighted by atomic mass is 10.1. The van der Waals surface area contributed by atoms with Gasteiger partial charge in [0.15, 0.2) is 28.8 Å². The Kier molecular flexibility index (Phi) is 5.67. The third-order valence-electron chi connectivity index (χ3n) is 4.86. The number of esters is 2. The Bertz CT molecular complexity index is 1570. The maximum Gasteiger partial charge on any atom is 0.347 e. The van der Waals surface area contributed by atoms with Gasteiger partial charge in [-0.3, -0.25) is 9.59 Å². The molecule has 11 nitrogen and oxygen atoms in total. The van der Waals surface area contributed by atoms with Gasteiger partial charge in [-0.2, -0.15) is 0 Å². The smallest absolute Gasteiger partial charge is 0.347 e. The average molecular weight is 480 g/mol. The number of phenolic OH excluding ortho intramolecular Hbond substituents is 4. The van der Waals surface area contributed by atoms with Crippen LogP contribution >= 0.6 is 0 Å². The van der Waals surface area contributed by atoms with Gasteiger partial charge in [-0.25, -0.2) is 4.79 Å². The van der Waals surface area contributed by atoms with Crippen molar-refractivity contribution in [2.24, 2.45) is 0 Å². The zero-order chi connectivity index (χ0) is 25.4. The Labute approximate surface area is 195 Å². The van der Waals surface area contributed by atoms with Crippen molar-refractivity contribution < 1.29 is 49.0 Å². The molecule has 4 rings (SSSR count). The van der Waals surface area contributed by atoms with Crippen molar-refractivity contribution in [2.45, 2.75) is 6.92 Å². The van der Waals surface area contributed by atoms with Gasteiger partial charge in [-0.15, -0.1) is 0 Å². The Morgan fingerprint density at radius 1 is 0.829 bits per heavy atom. The lowest BCUT2D eigenvalue weighted by Gasteiger charge is -2.13. The minimum absolute atomic E-state index is 0.00774. The van der Waals surface area contributed by atoms with Crippen LogP contribution in [0.4, 0.5) is 0 Å². The van der Waals surface area contributed by atoms with Gasteiger partial charge in [0, 0.05) is 18.6 Å². The second-order valence-corrected chi connectivity index (χ2v) is 7.24. The fourth-order valence-corrected chi connectivity index (χ4v) is 3.28. The van der Waals surface area contributed by atoms with Crippen LogP contribution in [0.1, 0.15) is 17.3 Å². The quantitative estimate of drug-likeness (QED) is 0.164. The summed E-state index contributed by atoms with van der Waals surface area (Å²) in [5.41, 5.74) is -1.72. The Hall–Kier alpha value is -5.19. The topological polar surface area (TPSA) is 184 Å². The molecule has 0 bridgehead atoms. The molecule has 0 amide bonds. The first kappa shape index (κ1) is 23.0. The van der Waals surface area contributed by atoms with E-state index in [9.17, 15) is 39.9 Å². The van der Waals surface area contributed by atoms with Crippen LogP contribution in [0.25, 0.3) is 22.3 Å². The monoisotopic (exact) mass is 480 g/mol. The van der Waals surface area contributed by atoms with E-state index in [-0.39, 0.29) is 22.5 Å². The summed E-state index contributed by atoms with van der Waals surface area (Å²) in [4.78, 5) is 36.8. The number of phenols is 4. The molecule has 0 atom stereocenters. The van der Waals surface area contributed by atoms with E-state index in [0.29, 0.717) is 0 Å². The second-order valence-electron chi connectivity index (χ2n) is 7.24. The lowest BCUT2D eigenvalue weighted by Crippen LogP contribution is -2.13. The summed E-state index contributed by atoms with van der Waals surface area (Å²) in [7, 11) is 0. The highest BCUT2D eigenvalue weighted by atomic mass is 16.6. The minimum Gasteiger partial charge on any atom is -0.504 e. The molecule has 0 aliphatic heterocycles. The predicted molar refractivity (Wildman–Crippen MR) is 119 cm³/mol. The zero-order valence-electron chi connectivity index (χ0n) is 17.8. The maximum atomic E-state index is 12.8. The van der Waals surface area contributed by atoms with Gasteiger partial charge in [0.25, 0.3) is 0 Å². The Morgan fingerprint density at radius 2 is 1.54 bits per heavy atom. The van der Waals surface area contributed by atoms with Crippen LogP contribution in [-0.4, -0.2) is 37.5 Å². The highest BCUT2D eigenvalue weighted by Gasteiger charge is 2.26. The molecule has 0 unspecified atom stereocenters. The van der Waals surface area contributed by atoms with Gasteiger partial charge in [0.2, 0.25) is 16.9 Å². The van der Waals surface area contributed by atoms with Crippen molar-refractivity contribution in [1.29, 1.82) is 0 Å². The molecule has 1 heterocycles. The van der Waals surface area contributed by atoms with Crippen molar-refractivity contribution in [2.75, 3.05) is 0 Å². The molecule has 11 heteroatoms. The summed E-state index contributed by atoms with van der Waals surface area (Å²) in [6, 6.07) is 9.80. The normalized spacial score (nSPS) is 10.8. The minimum atomic E-state index is -1.14. The summed E-state index contributed by atoms with van der Waals surface area (Å²) >= 11 is 0. The van der Waals surface area contributed by atoms with Crippen molar-refractivity contribution in [3.8, 4) is 51.6 Å². The van der Waals surface area contributed by atoms with Crippen LogP contribution in [0.3, 0.4) is 0 Å². The third kappa shape index (κ3) is 4.13. The molecule has 0 aliphatic carbocycles. The number of para-hydroxylation sites is 1. The van der Waals surface area contributed by atoms with Crippen LogP contribution in [0.2, 0.25) is 0 Å². The highest BCUT2D eigenvalue weighted by Crippen LogP contribution is 2.44. The number of rotatable bonds is 4.